The first-order valence-corrected chi connectivity index (χ1v) is 45.1. The molecule has 1 rings (SSSR count). The highest BCUT2D eigenvalue weighted by atomic mass is 32.2. The third kappa shape index (κ3) is 47.8. The van der Waals surface area contributed by atoms with Crippen LogP contribution in [0.1, 0.15) is 258 Å². The maximum absolute atomic E-state index is 14.9. The number of amides is 8. The highest BCUT2D eigenvalue weighted by Crippen LogP contribution is 2.26. The fraction of sp³-hybridized carbons (Fsp3) is 0.738. The standard InChI is InChI=1S/C84H143N13O19S2/c1-8-9-10-11-12-13-14-15-16-17-18-19-20-27-63(101)45-58(36-41-117-6)78(111)92-54(4)70(102)47-60(44-56-30-32-62(100)33-31-56)81(114)95-67(34-35-75(87)107)71(103)46-57(26-21-23-38-85)79(112)93-65(28-22-24-39-86)72(104)48-59(43-53(2)3)80(113)94-66(29-25-40-91-84(89)90)73(105)49-61(52-98)82(115)96-68(37-42-118-7)74(106)50-64(55(5)99)83(116)97-69(77(88)110)51-76(108)109/h30-33,53-55,57-61,64-69,98-100H,8-29,34-52,85-86H2,1-7H3,(H2,87,107)(H2,88,110)(H,92,111)(H,93,112)(H,94,113)(H,95,114)(H,96,115)(H,97,116)(H,108,109)(H4,89,90,91)/t54-,55+,57+,58+,59+,60+,61-,64-,65-,66-,67-,68-,69-/m0/s1. The molecule has 0 saturated carbocycles. The number of nitrogens with two attached hydrogens (primary N) is 6. The Hall–Kier alpha value is -7.92. The van der Waals surface area contributed by atoms with Gasteiger partial charge in [0.15, 0.2) is 34.9 Å². The monoisotopic (exact) mass is 1700 g/mol. The number of carbonyl (C=O) groups is 15. The van der Waals surface area contributed by atoms with Crippen molar-refractivity contribution >= 4 is 117 Å². The Morgan fingerprint density at radius 1 is 0.441 bits per heavy atom. The van der Waals surface area contributed by atoms with Crippen LogP contribution in [0.2, 0.25) is 0 Å². The minimum absolute atomic E-state index is 0.00942. The van der Waals surface area contributed by atoms with E-state index in [2.05, 4.69) is 43.8 Å². The predicted octanol–water partition coefficient (Wildman–Crippen LogP) is 5.26. The van der Waals surface area contributed by atoms with Gasteiger partial charge < -0.3 is 86.7 Å². The van der Waals surface area contributed by atoms with E-state index in [1.165, 1.54) is 107 Å². The number of aromatic hydroxyl groups is 1. The van der Waals surface area contributed by atoms with Crippen LogP contribution in [0.3, 0.4) is 0 Å². The van der Waals surface area contributed by atoms with Crippen LogP contribution in [-0.4, -0.2) is 207 Å². The number of benzene rings is 1. The number of aliphatic imine (C=N–C) groups is 1. The molecule has 1 aromatic rings. The Morgan fingerprint density at radius 2 is 0.873 bits per heavy atom. The number of nitrogens with one attached hydrogen (secondary N) is 6. The average Bonchev–Trinajstić information content (AvgIpc) is 0.855. The summed E-state index contributed by atoms with van der Waals surface area (Å²) in [7, 11) is 0. The molecule has 0 heterocycles. The number of Topliss-reactive ketones (excluding diaryl/α,β-unsaturated/α-hetero) is 6. The lowest BCUT2D eigenvalue weighted by molar-refractivity contribution is -0.141. The molecule has 22 N–H and O–H groups in total. The first kappa shape index (κ1) is 108. The van der Waals surface area contributed by atoms with E-state index in [4.69, 9.17) is 34.4 Å². The Kier molecular flexibility index (Phi) is 57.8. The van der Waals surface area contributed by atoms with Gasteiger partial charge in [0.25, 0.3) is 0 Å². The lowest BCUT2D eigenvalue weighted by Crippen LogP contribution is -2.51. The number of ketones is 6. The number of guanidine groups is 1. The molecule has 0 saturated heterocycles. The van der Waals surface area contributed by atoms with Crippen molar-refractivity contribution in [2.24, 2.45) is 80.8 Å². The number of carboxylic acid groups (broad SMARTS) is 1. The molecule has 0 unspecified atom stereocenters. The van der Waals surface area contributed by atoms with E-state index in [1.807, 2.05) is 6.26 Å². The van der Waals surface area contributed by atoms with Gasteiger partial charge in [-0.2, -0.15) is 23.5 Å². The van der Waals surface area contributed by atoms with Gasteiger partial charge in [-0.1, -0.05) is 116 Å². The Morgan fingerprint density at radius 3 is 1.36 bits per heavy atom. The number of nitrogens with zero attached hydrogens (tertiary/aromatic N) is 1. The second-order valence-corrected chi connectivity index (χ2v) is 33.7. The van der Waals surface area contributed by atoms with Gasteiger partial charge in [-0.3, -0.25) is 76.9 Å². The van der Waals surface area contributed by atoms with Crippen LogP contribution in [0.5, 0.6) is 5.75 Å². The van der Waals surface area contributed by atoms with Crippen molar-refractivity contribution in [3.63, 3.8) is 0 Å². The molecule has 34 heteroatoms. The quantitative estimate of drug-likeness (QED) is 0.0225. The number of rotatable bonds is 73. The van der Waals surface area contributed by atoms with E-state index in [0.717, 1.165) is 25.7 Å². The lowest BCUT2D eigenvalue weighted by Gasteiger charge is -2.27. The number of unbranched alkanes of at least 4 members (excludes halogenated alkanes) is 14. The van der Waals surface area contributed by atoms with Crippen molar-refractivity contribution < 1.29 is 92.3 Å². The van der Waals surface area contributed by atoms with Crippen molar-refractivity contribution in [2.75, 3.05) is 50.3 Å². The van der Waals surface area contributed by atoms with Crippen molar-refractivity contribution in [3.05, 3.63) is 29.8 Å². The molecular weight excluding hydrogens is 1560 g/mol. The van der Waals surface area contributed by atoms with Crippen molar-refractivity contribution in [1.29, 1.82) is 0 Å². The number of phenolic OH excluding ortho intramolecular Hbond substituents is 1. The topological polar surface area (TPSA) is 578 Å². The number of carboxylic acids is 1. The predicted molar refractivity (Wildman–Crippen MR) is 458 cm³/mol. The van der Waals surface area contributed by atoms with Gasteiger partial charge in [-0.25, -0.2) is 0 Å². The smallest absolute Gasteiger partial charge is 0.305 e. The summed E-state index contributed by atoms with van der Waals surface area (Å²) in [6, 6.07) is -2.37. The molecule has 0 aliphatic rings. The summed E-state index contributed by atoms with van der Waals surface area (Å²) in [5, 5.41) is 56.5. The van der Waals surface area contributed by atoms with Gasteiger partial charge in [0.05, 0.1) is 61.2 Å². The Labute approximate surface area is 706 Å². The molecule has 0 radical (unpaired) electrons. The van der Waals surface area contributed by atoms with Crippen LogP contribution in [0.15, 0.2) is 29.3 Å². The number of aliphatic hydroxyl groups is 2. The van der Waals surface area contributed by atoms with Gasteiger partial charge in [0, 0.05) is 81.6 Å². The normalized spacial score (nSPS) is 14.7. The lowest BCUT2D eigenvalue weighted by atomic mass is 9.87. The number of phenols is 1. The zero-order chi connectivity index (χ0) is 88.7. The molecule has 118 heavy (non-hydrogen) atoms. The van der Waals surface area contributed by atoms with Crippen LogP contribution in [0.25, 0.3) is 0 Å². The number of hydrogen-bond acceptors (Lipinski definition) is 23. The van der Waals surface area contributed by atoms with Gasteiger partial charge in [-0.05, 0) is 158 Å². The molecule has 0 aliphatic heterocycles. The minimum atomic E-state index is -1.69. The Bertz CT molecular complexity index is 3290. The molecule has 0 aliphatic carbocycles. The third-order valence-electron chi connectivity index (χ3n) is 21.0. The second kappa shape index (κ2) is 63.1. The highest BCUT2D eigenvalue weighted by Gasteiger charge is 2.39. The molecule has 1 aromatic carbocycles. The van der Waals surface area contributed by atoms with E-state index in [0.29, 0.717) is 49.8 Å². The van der Waals surface area contributed by atoms with E-state index in [-0.39, 0.29) is 107 Å². The van der Waals surface area contributed by atoms with Gasteiger partial charge >= 0.3 is 5.97 Å². The van der Waals surface area contributed by atoms with Crippen molar-refractivity contribution in [3.8, 4) is 5.75 Å². The summed E-state index contributed by atoms with van der Waals surface area (Å²) in [4.78, 5) is 211. The van der Waals surface area contributed by atoms with Crippen LogP contribution >= 0.6 is 23.5 Å². The zero-order valence-electron chi connectivity index (χ0n) is 71.0. The van der Waals surface area contributed by atoms with Crippen LogP contribution in [0, 0.1) is 41.4 Å². The number of hydrogen-bond donors (Lipinski definition) is 16. The molecule has 13 atom stereocenters. The number of aliphatic carboxylic acids is 1. The van der Waals surface area contributed by atoms with E-state index in [9.17, 15) is 92.3 Å². The summed E-state index contributed by atoms with van der Waals surface area (Å²) in [6.07, 6.45) is 14.9. The zero-order valence-corrected chi connectivity index (χ0v) is 72.7. The average molecular weight is 1700 g/mol. The number of thioether (sulfide) groups is 2. The molecule has 32 nitrogen and oxygen atoms in total. The van der Waals surface area contributed by atoms with Crippen molar-refractivity contribution in [1.82, 2.24) is 31.9 Å². The highest BCUT2D eigenvalue weighted by molar-refractivity contribution is 7.98. The fourth-order valence-electron chi connectivity index (χ4n) is 13.9. The first-order valence-electron chi connectivity index (χ1n) is 42.3. The summed E-state index contributed by atoms with van der Waals surface area (Å²) < 4.78 is 0. The van der Waals surface area contributed by atoms with Gasteiger partial charge in [-0.15, -0.1) is 0 Å². The summed E-state index contributed by atoms with van der Waals surface area (Å²) in [5.41, 5.74) is 34.4. The molecule has 0 fully saturated rings. The molecule has 670 valence electrons. The number of aliphatic hydroxyl groups excluding tert-OH is 2. The largest absolute Gasteiger partial charge is 0.508 e. The Balaban J connectivity index is 3.63. The first-order chi connectivity index (χ1) is 56.1. The molecular formula is C84H143N13O19S2. The summed E-state index contributed by atoms with van der Waals surface area (Å²) in [5.74, 6) is -18.7. The maximum atomic E-state index is 14.9. The van der Waals surface area contributed by atoms with Crippen LogP contribution in [0.4, 0.5) is 0 Å². The fourth-order valence-corrected chi connectivity index (χ4v) is 14.9. The molecule has 8 amide bonds. The van der Waals surface area contributed by atoms with E-state index >= 15 is 0 Å². The molecule has 0 aromatic heterocycles. The van der Waals surface area contributed by atoms with E-state index < -0.39 is 212 Å². The molecule has 0 spiro atoms. The summed E-state index contributed by atoms with van der Waals surface area (Å²) in [6.45, 7) is 7.94. The SMILES string of the molecule is CCCCCCCCCCCCCCCC(=O)C[C@@H](CCSC)C(=O)N[C@@H](C)C(=O)C[C@@H](Cc1ccc(O)cc1)C(=O)N[C@@H](CCC(N)=O)C(=O)C[C@@H](CCCCN)C(=O)N[C@@H](CCCCN)C(=O)C[C@@H](CC(C)C)C(=O)N[C@@H](CCCN=C(N)N)C(=O)C[C@@H](CO)C(=O)N[C@@H](CCSC)C(=O)C[C@H](C(=O)N[C@@H](CC(=O)O)C(N)=O)[C@@H](C)O. The van der Waals surface area contributed by atoms with Crippen molar-refractivity contribution in [2.45, 2.75) is 302 Å². The molecule has 0 bridgehead atoms. The number of carbonyl (C=O) groups excluding carboxylic acids is 14. The minimum Gasteiger partial charge on any atom is -0.508 e. The maximum Gasteiger partial charge on any atom is 0.305 e. The summed E-state index contributed by atoms with van der Waals surface area (Å²) >= 11 is 2.82. The number of primary amides is 2. The van der Waals surface area contributed by atoms with Gasteiger partial charge in [0.1, 0.15) is 17.6 Å². The van der Waals surface area contributed by atoms with Crippen LogP contribution in [-0.2, 0) is 78.3 Å². The van der Waals surface area contributed by atoms with Crippen LogP contribution < -0.4 is 66.3 Å². The van der Waals surface area contributed by atoms with E-state index in [1.54, 1.807) is 32.2 Å². The van der Waals surface area contributed by atoms with Gasteiger partial charge in [0.2, 0.25) is 47.3 Å². The third-order valence-corrected chi connectivity index (χ3v) is 22.3. The second-order valence-electron chi connectivity index (χ2n) is 31.7.